The summed E-state index contributed by atoms with van der Waals surface area (Å²) in [4.78, 5) is -3.08. The zero-order valence-corrected chi connectivity index (χ0v) is 9.16. The number of benzene rings is 1. The Morgan fingerprint density at radius 2 is 1.80 bits per heavy atom. The van der Waals surface area contributed by atoms with Gasteiger partial charge in [-0.1, -0.05) is 18.2 Å². The van der Waals surface area contributed by atoms with Gasteiger partial charge in [-0.2, -0.15) is 13.9 Å². The Bertz CT molecular complexity index is 448. The molecule has 0 bridgehead atoms. The van der Waals surface area contributed by atoms with Gasteiger partial charge in [-0.05, 0) is 34.1 Å². The van der Waals surface area contributed by atoms with Gasteiger partial charge in [-0.15, -0.1) is 0 Å². The Morgan fingerprint density at radius 1 is 1.13 bits per heavy atom. The third kappa shape index (κ3) is 2.23. The summed E-state index contributed by atoms with van der Waals surface area (Å²) in [5, 5.41) is 3.77. The van der Waals surface area contributed by atoms with Crippen molar-refractivity contribution in [3.63, 3.8) is 0 Å². The number of aromatic nitrogens is 2. The summed E-state index contributed by atoms with van der Waals surface area (Å²) >= 11 is 2.26. The second kappa shape index (κ2) is 3.73. The van der Waals surface area contributed by atoms with Crippen molar-refractivity contribution in [1.82, 2.24) is 9.78 Å². The second-order valence-electron chi connectivity index (χ2n) is 2.98. The van der Waals surface area contributed by atoms with Gasteiger partial charge in [-0.25, -0.2) is 4.68 Å². The lowest BCUT2D eigenvalue weighted by atomic mass is 10.3. The van der Waals surface area contributed by atoms with Gasteiger partial charge in [0.2, 0.25) is 0 Å². The molecule has 1 aromatic heterocycles. The van der Waals surface area contributed by atoms with Crippen molar-refractivity contribution in [2.24, 2.45) is 0 Å². The van der Waals surface area contributed by atoms with E-state index in [1.165, 1.54) is 16.9 Å². The predicted molar refractivity (Wildman–Crippen MR) is 56.4 cm³/mol. The lowest BCUT2D eigenvalue weighted by Crippen LogP contribution is -2.05. The molecule has 0 aliphatic rings. The minimum absolute atomic E-state index is 0.300. The third-order valence-electron chi connectivity index (χ3n) is 1.90. The van der Waals surface area contributed by atoms with E-state index in [1.54, 1.807) is 12.1 Å². The zero-order valence-electron chi connectivity index (χ0n) is 7.57. The SMILES string of the molecule is FC(F)(Br)c1ccn(-c2ccccc2)n1. The smallest absolute Gasteiger partial charge is 0.240 e. The van der Waals surface area contributed by atoms with Crippen molar-refractivity contribution >= 4 is 15.9 Å². The fraction of sp³-hybridized carbons (Fsp3) is 0.100. The lowest BCUT2D eigenvalue weighted by molar-refractivity contribution is 0.109. The molecular formula is C10H7BrF2N2. The number of para-hydroxylation sites is 1. The molecule has 0 aliphatic heterocycles. The van der Waals surface area contributed by atoms with Crippen molar-refractivity contribution in [2.45, 2.75) is 4.83 Å². The van der Waals surface area contributed by atoms with E-state index in [0.29, 0.717) is 0 Å². The molecule has 0 aliphatic carbocycles. The summed E-state index contributed by atoms with van der Waals surface area (Å²) in [5.41, 5.74) is 0.451. The molecule has 2 rings (SSSR count). The van der Waals surface area contributed by atoms with E-state index in [1.807, 2.05) is 18.2 Å². The number of nitrogens with zero attached hydrogens (tertiary/aromatic N) is 2. The normalized spacial score (nSPS) is 11.7. The highest BCUT2D eigenvalue weighted by molar-refractivity contribution is 9.09. The van der Waals surface area contributed by atoms with Crippen LogP contribution in [0.2, 0.25) is 0 Å². The average molecular weight is 273 g/mol. The van der Waals surface area contributed by atoms with Crippen LogP contribution in [0.3, 0.4) is 0 Å². The summed E-state index contributed by atoms with van der Waals surface area (Å²) in [6.45, 7) is 0. The van der Waals surface area contributed by atoms with Gasteiger partial charge in [0.25, 0.3) is 0 Å². The molecule has 0 unspecified atom stereocenters. The topological polar surface area (TPSA) is 17.8 Å². The molecule has 0 amide bonds. The van der Waals surface area contributed by atoms with E-state index in [-0.39, 0.29) is 5.69 Å². The van der Waals surface area contributed by atoms with Crippen LogP contribution in [0.4, 0.5) is 8.78 Å². The average Bonchev–Trinajstić information content (AvgIpc) is 2.67. The van der Waals surface area contributed by atoms with Gasteiger partial charge < -0.3 is 0 Å². The second-order valence-corrected chi connectivity index (χ2v) is 3.97. The molecule has 5 heteroatoms. The number of alkyl halides is 3. The first-order chi connectivity index (χ1) is 7.07. The summed E-state index contributed by atoms with van der Waals surface area (Å²) in [5.74, 6) is 0. The Kier molecular flexibility index (Phi) is 2.56. The van der Waals surface area contributed by atoms with E-state index in [0.717, 1.165) is 5.69 Å². The monoisotopic (exact) mass is 272 g/mol. The first-order valence-corrected chi connectivity index (χ1v) is 5.05. The highest BCUT2D eigenvalue weighted by Crippen LogP contribution is 2.33. The third-order valence-corrected chi connectivity index (χ3v) is 2.31. The van der Waals surface area contributed by atoms with Crippen molar-refractivity contribution in [3.05, 3.63) is 48.3 Å². The van der Waals surface area contributed by atoms with Crippen LogP contribution in [0.5, 0.6) is 0 Å². The van der Waals surface area contributed by atoms with Crippen molar-refractivity contribution < 1.29 is 8.78 Å². The first-order valence-electron chi connectivity index (χ1n) is 4.26. The van der Waals surface area contributed by atoms with Gasteiger partial charge in [-0.3, -0.25) is 0 Å². The number of rotatable bonds is 2. The maximum Gasteiger partial charge on any atom is 0.344 e. The zero-order chi connectivity index (χ0) is 10.9. The molecule has 0 atom stereocenters. The number of hydrogen-bond donors (Lipinski definition) is 0. The maximum absolute atomic E-state index is 12.8. The van der Waals surface area contributed by atoms with Crippen LogP contribution < -0.4 is 0 Å². The van der Waals surface area contributed by atoms with E-state index >= 15 is 0 Å². The van der Waals surface area contributed by atoms with Gasteiger partial charge in [0.15, 0.2) is 0 Å². The highest BCUT2D eigenvalue weighted by Gasteiger charge is 2.30. The molecule has 1 aromatic carbocycles. The number of halogens is 3. The van der Waals surface area contributed by atoms with Gasteiger partial charge in [0.1, 0.15) is 5.69 Å². The predicted octanol–water partition coefficient (Wildman–Crippen LogP) is 3.32. The quantitative estimate of drug-likeness (QED) is 0.767. The van der Waals surface area contributed by atoms with Crippen molar-refractivity contribution in [2.75, 3.05) is 0 Å². The van der Waals surface area contributed by atoms with E-state index < -0.39 is 4.83 Å². The summed E-state index contributed by atoms with van der Waals surface area (Å²) in [7, 11) is 0. The largest absolute Gasteiger partial charge is 0.344 e. The Balaban J connectivity index is 2.37. The van der Waals surface area contributed by atoms with Crippen LogP contribution in [-0.4, -0.2) is 9.78 Å². The molecule has 1 heterocycles. The van der Waals surface area contributed by atoms with Gasteiger partial charge in [0.05, 0.1) is 5.69 Å². The fourth-order valence-corrected chi connectivity index (χ4v) is 1.41. The highest BCUT2D eigenvalue weighted by atomic mass is 79.9. The molecule has 2 nitrogen and oxygen atoms in total. The van der Waals surface area contributed by atoms with E-state index in [4.69, 9.17) is 0 Å². The molecule has 15 heavy (non-hydrogen) atoms. The van der Waals surface area contributed by atoms with Crippen LogP contribution in [0, 0.1) is 0 Å². The standard InChI is InChI=1S/C10H7BrF2N2/c11-10(12,13)9-6-7-15(14-9)8-4-2-1-3-5-8/h1-7H. The molecule has 0 spiro atoms. The molecule has 0 fully saturated rings. The Morgan fingerprint density at radius 3 is 2.33 bits per heavy atom. The van der Waals surface area contributed by atoms with Crippen molar-refractivity contribution in [1.29, 1.82) is 0 Å². The first kappa shape index (κ1) is 10.3. The van der Waals surface area contributed by atoms with Crippen LogP contribution in [0.1, 0.15) is 5.69 Å². The minimum Gasteiger partial charge on any atom is -0.240 e. The minimum atomic E-state index is -3.08. The van der Waals surface area contributed by atoms with Crippen LogP contribution in [-0.2, 0) is 4.83 Å². The van der Waals surface area contributed by atoms with Gasteiger partial charge in [0, 0.05) is 6.20 Å². The van der Waals surface area contributed by atoms with E-state index in [2.05, 4.69) is 21.0 Å². The summed E-state index contributed by atoms with van der Waals surface area (Å²) in [6, 6.07) is 10.4. The molecule has 0 saturated heterocycles. The summed E-state index contributed by atoms with van der Waals surface area (Å²) < 4.78 is 27.1. The Labute approximate surface area is 93.7 Å². The molecule has 0 N–H and O–H groups in total. The van der Waals surface area contributed by atoms with Crippen molar-refractivity contribution in [3.8, 4) is 5.69 Å². The fourth-order valence-electron chi connectivity index (χ4n) is 1.20. The van der Waals surface area contributed by atoms with Crippen LogP contribution in [0.25, 0.3) is 5.69 Å². The molecular weight excluding hydrogens is 266 g/mol. The van der Waals surface area contributed by atoms with Crippen LogP contribution >= 0.6 is 15.9 Å². The Hall–Kier alpha value is -1.23. The van der Waals surface area contributed by atoms with E-state index in [9.17, 15) is 8.78 Å². The molecule has 0 saturated carbocycles. The summed E-state index contributed by atoms with van der Waals surface area (Å²) in [6.07, 6.45) is 1.50. The number of hydrogen-bond acceptors (Lipinski definition) is 1. The van der Waals surface area contributed by atoms with Crippen LogP contribution in [0.15, 0.2) is 42.6 Å². The van der Waals surface area contributed by atoms with Gasteiger partial charge >= 0.3 is 4.83 Å². The molecule has 2 aromatic rings. The lowest BCUT2D eigenvalue weighted by Gasteiger charge is -2.03. The maximum atomic E-state index is 12.8. The molecule has 78 valence electrons. The molecule has 0 radical (unpaired) electrons.